The molecule has 0 saturated heterocycles. The van der Waals surface area contributed by atoms with Gasteiger partial charge in [-0.1, -0.05) is 13.8 Å². The molecule has 3 nitrogen and oxygen atoms in total. The lowest BCUT2D eigenvalue weighted by Crippen LogP contribution is -2.36. The second-order valence-corrected chi connectivity index (χ2v) is 5.63. The molecular weight excluding hydrogens is 218 g/mol. The third-order valence-corrected chi connectivity index (χ3v) is 4.61. The van der Waals surface area contributed by atoms with E-state index >= 15 is 0 Å². The van der Waals surface area contributed by atoms with Crippen LogP contribution in [0.3, 0.4) is 0 Å². The Morgan fingerprint density at radius 1 is 1.31 bits per heavy atom. The van der Waals surface area contributed by atoms with E-state index in [0.717, 1.165) is 36.8 Å². The zero-order chi connectivity index (χ0) is 12.2. The number of nitrogens with zero attached hydrogens (tertiary/aromatic N) is 1. The first-order valence-corrected chi connectivity index (χ1v) is 6.76. The van der Waals surface area contributed by atoms with Gasteiger partial charge in [0.05, 0.1) is 5.69 Å². The Kier molecular flexibility index (Phi) is 4.74. The minimum absolute atomic E-state index is 0.216. The van der Waals surface area contributed by atoms with E-state index < -0.39 is 0 Å². The van der Waals surface area contributed by atoms with E-state index in [1.54, 1.807) is 11.3 Å². The molecule has 1 rings (SSSR count). The number of aromatic nitrogens is 1. The van der Waals surface area contributed by atoms with Crippen molar-refractivity contribution < 1.29 is 0 Å². The third kappa shape index (κ3) is 2.95. The number of aryl methyl sites for hydroxylation is 2. The van der Waals surface area contributed by atoms with Gasteiger partial charge < -0.3 is 11.1 Å². The molecule has 0 spiro atoms. The summed E-state index contributed by atoms with van der Waals surface area (Å²) in [5.74, 6) is 0. The van der Waals surface area contributed by atoms with Crippen LogP contribution in [0.1, 0.15) is 37.3 Å². The van der Waals surface area contributed by atoms with Crippen molar-refractivity contribution in [2.45, 2.75) is 40.5 Å². The first-order chi connectivity index (χ1) is 7.56. The van der Waals surface area contributed by atoms with Crippen LogP contribution in [0.15, 0.2) is 0 Å². The molecule has 0 aliphatic rings. The molecule has 16 heavy (non-hydrogen) atoms. The van der Waals surface area contributed by atoms with Crippen molar-refractivity contribution in [3.63, 3.8) is 0 Å². The van der Waals surface area contributed by atoms with Crippen LogP contribution in [0.5, 0.6) is 0 Å². The maximum atomic E-state index is 5.87. The summed E-state index contributed by atoms with van der Waals surface area (Å²) >= 11 is 1.72. The van der Waals surface area contributed by atoms with Crippen molar-refractivity contribution in [2.75, 3.05) is 18.4 Å². The average Bonchev–Trinajstić information content (AvgIpc) is 2.61. The Bertz CT molecular complexity index is 301. The van der Waals surface area contributed by atoms with Crippen LogP contribution in [-0.2, 0) is 0 Å². The standard InChI is InChI=1S/C12H23N3S/c1-5-12(6-2,7-13)8-14-11-15-9(3)10(4)16-11/h5-8,13H2,1-4H3,(H,14,15). The Labute approximate surface area is 102 Å². The average molecular weight is 241 g/mol. The number of hydrogen-bond acceptors (Lipinski definition) is 4. The lowest BCUT2D eigenvalue weighted by Gasteiger charge is -2.30. The molecule has 0 atom stereocenters. The lowest BCUT2D eigenvalue weighted by atomic mass is 9.82. The molecule has 3 N–H and O–H groups in total. The first-order valence-electron chi connectivity index (χ1n) is 5.95. The summed E-state index contributed by atoms with van der Waals surface area (Å²) in [6.45, 7) is 10.2. The molecule has 0 bridgehead atoms. The Morgan fingerprint density at radius 3 is 2.31 bits per heavy atom. The summed E-state index contributed by atoms with van der Waals surface area (Å²) in [4.78, 5) is 5.77. The minimum Gasteiger partial charge on any atom is -0.361 e. The van der Waals surface area contributed by atoms with Crippen LogP contribution in [0, 0.1) is 19.3 Å². The van der Waals surface area contributed by atoms with E-state index in [9.17, 15) is 0 Å². The zero-order valence-corrected chi connectivity index (χ0v) is 11.6. The van der Waals surface area contributed by atoms with Crippen LogP contribution in [0.4, 0.5) is 5.13 Å². The summed E-state index contributed by atoms with van der Waals surface area (Å²) < 4.78 is 0. The second kappa shape index (κ2) is 5.64. The molecule has 0 fully saturated rings. The van der Waals surface area contributed by atoms with Gasteiger partial charge in [-0.05, 0) is 38.6 Å². The Morgan fingerprint density at radius 2 is 1.94 bits per heavy atom. The first kappa shape index (κ1) is 13.5. The molecule has 92 valence electrons. The van der Waals surface area contributed by atoms with Gasteiger partial charge >= 0.3 is 0 Å². The predicted molar refractivity (Wildman–Crippen MR) is 72.1 cm³/mol. The highest BCUT2D eigenvalue weighted by Crippen LogP contribution is 2.27. The molecule has 0 aliphatic carbocycles. The van der Waals surface area contributed by atoms with Crippen molar-refractivity contribution in [1.29, 1.82) is 0 Å². The van der Waals surface area contributed by atoms with Crippen molar-refractivity contribution >= 4 is 16.5 Å². The topological polar surface area (TPSA) is 50.9 Å². The molecule has 1 aromatic rings. The van der Waals surface area contributed by atoms with Gasteiger partial charge in [0.2, 0.25) is 0 Å². The molecule has 0 unspecified atom stereocenters. The second-order valence-electron chi connectivity index (χ2n) is 4.43. The van der Waals surface area contributed by atoms with Crippen LogP contribution in [0.2, 0.25) is 0 Å². The van der Waals surface area contributed by atoms with Gasteiger partial charge in [-0.2, -0.15) is 0 Å². The van der Waals surface area contributed by atoms with Gasteiger partial charge in [-0.15, -0.1) is 11.3 Å². The fraction of sp³-hybridized carbons (Fsp3) is 0.750. The van der Waals surface area contributed by atoms with E-state index in [2.05, 4.69) is 31.1 Å². The van der Waals surface area contributed by atoms with Crippen molar-refractivity contribution in [2.24, 2.45) is 11.1 Å². The SMILES string of the molecule is CCC(CC)(CN)CNc1nc(C)c(C)s1. The number of thiazole rings is 1. The van der Waals surface area contributed by atoms with Gasteiger partial charge in [-0.3, -0.25) is 0 Å². The maximum absolute atomic E-state index is 5.87. The number of nitrogens with two attached hydrogens (primary N) is 1. The van der Waals surface area contributed by atoms with E-state index in [4.69, 9.17) is 5.73 Å². The third-order valence-electron chi connectivity index (χ3n) is 3.58. The number of hydrogen-bond donors (Lipinski definition) is 2. The van der Waals surface area contributed by atoms with Gasteiger partial charge in [0.15, 0.2) is 5.13 Å². The maximum Gasteiger partial charge on any atom is 0.183 e. The molecule has 4 heteroatoms. The summed E-state index contributed by atoms with van der Waals surface area (Å²) in [7, 11) is 0. The van der Waals surface area contributed by atoms with Crippen LogP contribution < -0.4 is 11.1 Å². The highest BCUT2D eigenvalue weighted by Gasteiger charge is 2.24. The Balaban J connectivity index is 2.62. The normalized spacial score (nSPS) is 11.8. The summed E-state index contributed by atoms with van der Waals surface area (Å²) in [5, 5.41) is 4.45. The Hall–Kier alpha value is -0.610. The van der Waals surface area contributed by atoms with E-state index in [0.29, 0.717) is 0 Å². The minimum atomic E-state index is 0.216. The van der Waals surface area contributed by atoms with Gasteiger partial charge in [0.25, 0.3) is 0 Å². The van der Waals surface area contributed by atoms with Crippen LogP contribution >= 0.6 is 11.3 Å². The van der Waals surface area contributed by atoms with E-state index in [-0.39, 0.29) is 5.41 Å². The molecule has 1 heterocycles. The van der Waals surface area contributed by atoms with Crippen molar-refractivity contribution in [1.82, 2.24) is 4.98 Å². The highest BCUT2D eigenvalue weighted by atomic mass is 32.1. The number of rotatable bonds is 6. The molecule has 0 aromatic carbocycles. The van der Waals surface area contributed by atoms with Crippen LogP contribution in [-0.4, -0.2) is 18.1 Å². The fourth-order valence-electron chi connectivity index (χ4n) is 1.67. The fourth-order valence-corrected chi connectivity index (χ4v) is 2.48. The zero-order valence-electron chi connectivity index (χ0n) is 10.8. The molecule has 0 saturated carbocycles. The molecule has 0 aliphatic heterocycles. The number of anilines is 1. The monoisotopic (exact) mass is 241 g/mol. The van der Waals surface area contributed by atoms with Gasteiger partial charge in [-0.25, -0.2) is 4.98 Å². The predicted octanol–water partition coefficient (Wildman–Crippen LogP) is 2.94. The lowest BCUT2D eigenvalue weighted by molar-refractivity contribution is 0.294. The summed E-state index contributed by atoms with van der Waals surface area (Å²) in [6.07, 6.45) is 2.21. The molecule has 0 amide bonds. The summed E-state index contributed by atoms with van der Waals surface area (Å²) in [5.41, 5.74) is 7.21. The summed E-state index contributed by atoms with van der Waals surface area (Å²) in [6, 6.07) is 0. The van der Waals surface area contributed by atoms with Crippen molar-refractivity contribution in [3.8, 4) is 0 Å². The van der Waals surface area contributed by atoms with Gasteiger partial charge in [0, 0.05) is 11.4 Å². The van der Waals surface area contributed by atoms with Gasteiger partial charge in [0.1, 0.15) is 0 Å². The molecule has 1 aromatic heterocycles. The van der Waals surface area contributed by atoms with E-state index in [1.807, 2.05) is 6.92 Å². The number of nitrogens with one attached hydrogen (secondary N) is 1. The molecule has 0 radical (unpaired) electrons. The molecular formula is C12H23N3S. The highest BCUT2D eigenvalue weighted by molar-refractivity contribution is 7.15. The van der Waals surface area contributed by atoms with Crippen molar-refractivity contribution in [3.05, 3.63) is 10.6 Å². The quantitative estimate of drug-likeness (QED) is 0.805. The van der Waals surface area contributed by atoms with Crippen LogP contribution in [0.25, 0.3) is 0 Å². The van der Waals surface area contributed by atoms with E-state index in [1.165, 1.54) is 4.88 Å². The smallest absolute Gasteiger partial charge is 0.183 e. The largest absolute Gasteiger partial charge is 0.361 e.